The monoisotopic (exact) mass is 243 g/mol. The largest absolute Gasteiger partial charge is 0.478 e. The predicted octanol–water partition coefficient (Wildman–Crippen LogP) is 2.26. The molecule has 0 unspecified atom stereocenters. The van der Waals surface area contributed by atoms with Crippen molar-refractivity contribution >= 4 is 22.4 Å². The van der Waals surface area contributed by atoms with Crippen molar-refractivity contribution in [3.05, 3.63) is 29.8 Å². The fourth-order valence-electron chi connectivity index (χ4n) is 1.75. The number of hydrogen-bond donors (Lipinski definition) is 3. The van der Waals surface area contributed by atoms with Crippen LogP contribution in [0.25, 0.3) is 0 Å². The van der Waals surface area contributed by atoms with Gasteiger partial charge in [-0.3, -0.25) is 13.4 Å². The molecule has 1 aromatic carbocycles. The molecule has 3 N–H and O–H groups in total. The molecule has 0 atom stereocenters. The Labute approximate surface area is 94.8 Å². The van der Waals surface area contributed by atoms with Crippen LogP contribution in [0.5, 0.6) is 0 Å². The van der Waals surface area contributed by atoms with Crippen molar-refractivity contribution in [1.82, 2.24) is 0 Å². The molecule has 1 saturated heterocycles. The summed E-state index contributed by atoms with van der Waals surface area (Å²) < 4.78 is 21.0. The molecule has 0 saturated carbocycles. The van der Waals surface area contributed by atoms with E-state index in [0.717, 1.165) is 0 Å². The smallest absolute Gasteiger partial charge is 0.335 e. The lowest BCUT2D eigenvalue weighted by molar-refractivity contribution is 0.0697. The van der Waals surface area contributed by atoms with Crippen LogP contribution in [0.3, 0.4) is 0 Å². The van der Waals surface area contributed by atoms with Gasteiger partial charge in [-0.2, -0.15) is 0 Å². The zero-order chi connectivity index (χ0) is 11.8. The Hall–Kier alpha value is -1.24. The average molecular weight is 243 g/mol. The molecule has 2 rings (SSSR count). The first kappa shape index (κ1) is 11.3. The summed E-state index contributed by atoms with van der Waals surface area (Å²) in [6.45, 7) is 0.547. The summed E-state index contributed by atoms with van der Waals surface area (Å²) in [4.78, 5) is 10.8. The SMILES string of the molecule is O=C(O)c1cccc(N2CCCS2(O)O)c1. The van der Waals surface area contributed by atoms with Crippen molar-refractivity contribution < 1.29 is 19.0 Å². The van der Waals surface area contributed by atoms with E-state index in [4.69, 9.17) is 5.11 Å². The van der Waals surface area contributed by atoms with E-state index in [2.05, 4.69) is 0 Å². The summed E-state index contributed by atoms with van der Waals surface area (Å²) in [5, 5.41) is 8.85. The molecule has 0 bridgehead atoms. The molecule has 1 fully saturated rings. The summed E-state index contributed by atoms with van der Waals surface area (Å²) in [6.07, 6.45) is 0.708. The van der Waals surface area contributed by atoms with Gasteiger partial charge in [-0.15, -0.1) is 10.8 Å². The molecule has 1 aliphatic heterocycles. The first-order valence-electron chi connectivity index (χ1n) is 4.88. The highest BCUT2D eigenvalue weighted by atomic mass is 32.3. The number of benzene rings is 1. The molecular formula is C10H13NO4S. The summed E-state index contributed by atoms with van der Waals surface area (Å²) in [7, 11) is -2.74. The number of aromatic carboxylic acids is 1. The van der Waals surface area contributed by atoms with Gasteiger partial charge in [-0.1, -0.05) is 6.07 Å². The fraction of sp³-hybridized carbons (Fsp3) is 0.300. The Bertz CT molecular complexity index is 421. The minimum absolute atomic E-state index is 0.152. The van der Waals surface area contributed by atoms with Crippen molar-refractivity contribution in [1.29, 1.82) is 0 Å². The maximum Gasteiger partial charge on any atom is 0.335 e. The number of carboxylic acid groups (broad SMARTS) is 1. The van der Waals surface area contributed by atoms with Crippen molar-refractivity contribution in [2.45, 2.75) is 6.42 Å². The van der Waals surface area contributed by atoms with Crippen LogP contribution >= 0.6 is 10.8 Å². The molecular weight excluding hydrogens is 230 g/mol. The van der Waals surface area contributed by atoms with Gasteiger partial charge in [-0.05, 0) is 24.6 Å². The number of rotatable bonds is 2. The maximum atomic E-state index is 10.8. The van der Waals surface area contributed by atoms with Crippen LogP contribution in [0.4, 0.5) is 5.69 Å². The van der Waals surface area contributed by atoms with Gasteiger partial charge in [0.2, 0.25) is 0 Å². The van der Waals surface area contributed by atoms with Gasteiger partial charge < -0.3 is 5.11 Å². The molecule has 6 heteroatoms. The fourth-order valence-corrected chi connectivity index (χ4v) is 3.36. The lowest BCUT2D eigenvalue weighted by Crippen LogP contribution is -2.22. The molecule has 1 aliphatic rings. The van der Waals surface area contributed by atoms with Crippen LogP contribution in [0.15, 0.2) is 24.3 Å². The van der Waals surface area contributed by atoms with E-state index in [9.17, 15) is 13.9 Å². The zero-order valence-corrected chi connectivity index (χ0v) is 9.35. The molecule has 0 aromatic heterocycles. The maximum absolute atomic E-state index is 10.8. The zero-order valence-electron chi connectivity index (χ0n) is 8.54. The molecule has 0 spiro atoms. The van der Waals surface area contributed by atoms with E-state index in [1.807, 2.05) is 0 Å². The quantitative estimate of drug-likeness (QED) is 0.742. The van der Waals surface area contributed by atoms with Gasteiger partial charge in [0.05, 0.1) is 17.0 Å². The summed E-state index contributed by atoms with van der Waals surface area (Å²) in [5.41, 5.74) is 0.706. The average Bonchev–Trinajstić information content (AvgIpc) is 2.58. The van der Waals surface area contributed by atoms with Gasteiger partial charge in [-0.25, -0.2) is 4.79 Å². The van der Waals surface area contributed by atoms with E-state index in [-0.39, 0.29) is 5.56 Å². The second-order valence-electron chi connectivity index (χ2n) is 3.65. The van der Waals surface area contributed by atoms with Crippen LogP contribution in [0, 0.1) is 0 Å². The van der Waals surface area contributed by atoms with Gasteiger partial charge >= 0.3 is 5.97 Å². The minimum Gasteiger partial charge on any atom is -0.478 e. The minimum atomic E-state index is -2.74. The molecule has 0 radical (unpaired) electrons. The Kier molecular flexibility index (Phi) is 2.79. The first-order valence-corrected chi connectivity index (χ1v) is 6.55. The van der Waals surface area contributed by atoms with Crippen molar-refractivity contribution in [2.24, 2.45) is 0 Å². The third kappa shape index (κ3) is 1.99. The number of hydrogen-bond acceptors (Lipinski definition) is 4. The van der Waals surface area contributed by atoms with E-state index in [1.54, 1.807) is 12.1 Å². The third-order valence-electron chi connectivity index (χ3n) is 2.51. The molecule has 1 aromatic rings. The molecule has 0 aliphatic carbocycles. The van der Waals surface area contributed by atoms with Crippen LogP contribution < -0.4 is 4.31 Å². The Morgan fingerprint density at radius 2 is 2.12 bits per heavy atom. The van der Waals surface area contributed by atoms with Crippen molar-refractivity contribution in [3.8, 4) is 0 Å². The number of anilines is 1. The van der Waals surface area contributed by atoms with Gasteiger partial charge in [0, 0.05) is 6.54 Å². The molecule has 1 heterocycles. The Morgan fingerprint density at radius 1 is 1.38 bits per heavy atom. The number of nitrogens with zero attached hydrogens (tertiary/aromatic N) is 1. The predicted molar refractivity (Wildman–Crippen MR) is 63.1 cm³/mol. The van der Waals surface area contributed by atoms with E-state index < -0.39 is 16.7 Å². The van der Waals surface area contributed by atoms with Crippen LogP contribution in [-0.4, -0.2) is 32.5 Å². The highest BCUT2D eigenvalue weighted by Crippen LogP contribution is 2.50. The Balaban J connectivity index is 2.34. The molecule has 5 nitrogen and oxygen atoms in total. The van der Waals surface area contributed by atoms with Crippen LogP contribution in [0.1, 0.15) is 16.8 Å². The van der Waals surface area contributed by atoms with Crippen molar-refractivity contribution in [3.63, 3.8) is 0 Å². The highest BCUT2D eigenvalue weighted by Gasteiger charge is 2.29. The highest BCUT2D eigenvalue weighted by molar-refractivity contribution is 8.25. The van der Waals surface area contributed by atoms with Gasteiger partial charge in [0.25, 0.3) is 0 Å². The standard InChI is InChI=1S/C10H13NO4S/c12-10(13)8-3-1-4-9(7-8)11-5-2-6-16(11,14)15/h1,3-4,7,14-15H,2,5-6H2,(H,12,13). The van der Waals surface area contributed by atoms with Crippen molar-refractivity contribution in [2.75, 3.05) is 16.6 Å². The second kappa shape index (κ2) is 3.97. The Morgan fingerprint density at radius 3 is 2.69 bits per heavy atom. The summed E-state index contributed by atoms with van der Waals surface area (Å²) in [5.74, 6) is -0.665. The van der Waals surface area contributed by atoms with Crippen LogP contribution in [0.2, 0.25) is 0 Å². The molecule has 88 valence electrons. The van der Waals surface area contributed by atoms with Crippen LogP contribution in [-0.2, 0) is 0 Å². The first-order chi connectivity index (χ1) is 7.50. The van der Waals surface area contributed by atoms with Gasteiger partial charge in [0.1, 0.15) is 0 Å². The van der Waals surface area contributed by atoms with Gasteiger partial charge in [0.15, 0.2) is 0 Å². The summed E-state index contributed by atoms with van der Waals surface area (Å²) in [6, 6.07) is 6.23. The van der Waals surface area contributed by atoms with E-state index >= 15 is 0 Å². The topological polar surface area (TPSA) is 81.0 Å². The number of carbonyl (C=O) groups is 1. The van der Waals surface area contributed by atoms with E-state index in [0.29, 0.717) is 24.4 Å². The second-order valence-corrected chi connectivity index (χ2v) is 5.76. The lowest BCUT2D eigenvalue weighted by atomic mass is 10.2. The third-order valence-corrected chi connectivity index (χ3v) is 4.45. The molecule has 16 heavy (non-hydrogen) atoms. The lowest BCUT2D eigenvalue weighted by Gasteiger charge is -2.38. The van der Waals surface area contributed by atoms with E-state index in [1.165, 1.54) is 16.4 Å². The summed E-state index contributed by atoms with van der Waals surface area (Å²) >= 11 is 0. The molecule has 0 amide bonds. The number of carboxylic acids is 1. The normalized spacial score (nSPS) is 20.8.